The minimum Gasteiger partial charge on any atom is -0.265 e. The summed E-state index contributed by atoms with van der Waals surface area (Å²) in [6.07, 6.45) is 5.46. The molecule has 0 N–H and O–H groups in total. The molecule has 2 aliphatic rings. The van der Waals surface area contributed by atoms with Crippen molar-refractivity contribution in [3.05, 3.63) is 22.8 Å². The van der Waals surface area contributed by atoms with Gasteiger partial charge in [0.05, 0.1) is 0 Å². The SMILES string of the molecule is C=C[C@H]1CC2CC(C[N+](=O)[O-])C2C1. The average Bonchev–Trinajstić information content (AvgIpc) is 2.38. The lowest BCUT2D eigenvalue weighted by Crippen LogP contribution is -2.37. The van der Waals surface area contributed by atoms with E-state index in [0.29, 0.717) is 17.8 Å². The molecule has 0 heterocycles. The van der Waals surface area contributed by atoms with Gasteiger partial charge in [-0.2, -0.15) is 0 Å². The summed E-state index contributed by atoms with van der Waals surface area (Å²) in [6.45, 7) is 3.98. The first-order valence-corrected chi connectivity index (χ1v) is 4.95. The Hall–Kier alpha value is -0.860. The highest BCUT2D eigenvalue weighted by Gasteiger charge is 2.48. The third-order valence-corrected chi connectivity index (χ3v) is 3.71. The lowest BCUT2D eigenvalue weighted by atomic mass is 9.67. The highest BCUT2D eigenvalue weighted by Crippen LogP contribution is 2.53. The molecule has 3 heteroatoms. The third-order valence-electron chi connectivity index (χ3n) is 3.71. The summed E-state index contributed by atoms with van der Waals surface area (Å²) in [5.41, 5.74) is 0. The Morgan fingerprint density at radius 1 is 1.46 bits per heavy atom. The molecule has 13 heavy (non-hydrogen) atoms. The zero-order valence-corrected chi connectivity index (χ0v) is 7.69. The van der Waals surface area contributed by atoms with Crippen molar-refractivity contribution in [1.82, 2.24) is 0 Å². The van der Waals surface area contributed by atoms with Crippen molar-refractivity contribution < 1.29 is 4.92 Å². The highest BCUT2D eigenvalue weighted by molar-refractivity contribution is 5.00. The van der Waals surface area contributed by atoms with Crippen molar-refractivity contribution in [2.24, 2.45) is 23.7 Å². The fourth-order valence-electron chi connectivity index (χ4n) is 3.01. The van der Waals surface area contributed by atoms with Crippen molar-refractivity contribution in [2.45, 2.75) is 19.3 Å². The fraction of sp³-hybridized carbons (Fsp3) is 0.800. The van der Waals surface area contributed by atoms with Gasteiger partial charge in [0.1, 0.15) is 0 Å². The predicted octanol–water partition coefficient (Wildman–Crippen LogP) is 2.11. The van der Waals surface area contributed by atoms with Crippen LogP contribution in [0.5, 0.6) is 0 Å². The molecule has 0 aliphatic heterocycles. The summed E-state index contributed by atoms with van der Waals surface area (Å²) in [4.78, 5) is 10.2. The molecule has 3 nitrogen and oxygen atoms in total. The Morgan fingerprint density at radius 3 is 2.85 bits per heavy atom. The van der Waals surface area contributed by atoms with Crippen LogP contribution in [-0.2, 0) is 0 Å². The summed E-state index contributed by atoms with van der Waals surface area (Å²) >= 11 is 0. The number of nitrogens with zero attached hydrogens (tertiary/aromatic N) is 1. The van der Waals surface area contributed by atoms with Gasteiger partial charge in [-0.3, -0.25) is 10.1 Å². The van der Waals surface area contributed by atoms with Gasteiger partial charge < -0.3 is 0 Å². The van der Waals surface area contributed by atoms with Gasteiger partial charge in [0.15, 0.2) is 0 Å². The van der Waals surface area contributed by atoms with E-state index in [4.69, 9.17) is 0 Å². The number of rotatable bonds is 3. The van der Waals surface area contributed by atoms with Crippen LogP contribution in [0.25, 0.3) is 0 Å². The van der Waals surface area contributed by atoms with Gasteiger partial charge in [-0.1, -0.05) is 6.08 Å². The van der Waals surface area contributed by atoms with E-state index < -0.39 is 0 Å². The molecule has 72 valence electrons. The summed E-state index contributed by atoms with van der Waals surface area (Å²) in [6, 6.07) is 0. The van der Waals surface area contributed by atoms with Gasteiger partial charge >= 0.3 is 0 Å². The summed E-state index contributed by atoms with van der Waals surface area (Å²) in [5.74, 6) is 2.40. The van der Waals surface area contributed by atoms with Crippen molar-refractivity contribution in [2.75, 3.05) is 6.54 Å². The summed E-state index contributed by atoms with van der Waals surface area (Å²) < 4.78 is 0. The maximum atomic E-state index is 10.3. The number of fused-ring (bicyclic) bond motifs is 1. The van der Waals surface area contributed by atoms with E-state index in [9.17, 15) is 10.1 Å². The molecule has 2 aliphatic carbocycles. The first kappa shape index (κ1) is 8.73. The topological polar surface area (TPSA) is 43.1 Å². The molecule has 0 aromatic rings. The second-order valence-electron chi connectivity index (χ2n) is 4.40. The summed E-state index contributed by atoms with van der Waals surface area (Å²) in [7, 11) is 0. The number of hydrogen-bond acceptors (Lipinski definition) is 2. The third kappa shape index (κ3) is 1.47. The molecule has 0 saturated heterocycles. The Kier molecular flexibility index (Phi) is 2.10. The van der Waals surface area contributed by atoms with Crippen molar-refractivity contribution >= 4 is 0 Å². The van der Waals surface area contributed by atoms with E-state index in [1.54, 1.807) is 0 Å². The molecule has 2 rings (SSSR count). The first-order valence-electron chi connectivity index (χ1n) is 4.95. The molecule has 4 atom stereocenters. The monoisotopic (exact) mass is 181 g/mol. The van der Waals surface area contributed by atoms with Gasteiger partial charge in [-0.05, 0) is 37.0 Å². The van der Waals surface area contributed by atoms with Gasteiger partial charge in [0.2, 0.25) is 6.54 Å². The molecule has 2 fully saturated rings. The molecular formula is C10H15NO2. The average molecular weight is 181 g/mol. The minimum atomic E-state index is -0.165. The normalized spacial score (nSPS) is 42.2. The van der Waals surface area contributed by atoms with Crippen LogP contribution in [0.15, 0.2) is 12.7 Å². The van der Waals surface area contributed by atoms with Crippen LogP contribution in [0.3, 0.4) is 0 Å². The van der Waals surface area contributed by atoms with Gasteiger partial charge in [-0.25, -0.2) is 0 Å². The lowest BCUT2D eigenvalue weighted by Gasteiger charge is -2.37. The maximum Gasteiger partial charge on any atom is 0.206 e. The zero-order chi connectivity index (χ0) is 9.42. The second-order valence-corrected chi connectivity index (χ2v) is 4.40. The van der Waals surface area contributed by atoms with Crippen LogP contribution in [0, 0.1) is 33.8 Å². The standard InChI is InChI=1S/C10H15NO2/c1-2-7-3-8-5-9(6-11(12)13)10(8)4-7/h2,7-10H,1,3-6H2/t7-,8?,9?,10?/m0/s1. The van der Waals surface area contributed by atoms with Crippen molar-refractivity contribution in [1.29, 1.82) is 0 Å². The molecule has 0 aromatic carbocycles. The van der Waals surface area contributed by atoms with Crippen LogP contribution in [0.1, 0.15) is 19.3 Å². The molecule has 3 unspecified atom stereocenters. The van der Waals surface area contributed by atoms with E-state index in [0.717, 1.165) is 18.8 Å². The van der Waals surface area contributed by atoms with E-state index in [1.165, 1.54) is 6.42 Å². The largest absolute Gasteiger partial charge is 0.265 e. The molecule has 0 bridgehead atoms. The van der Waals surface area contributed by atoms with Crippen LogP contribution in [0.4, 0.5) is 0 Å². The molecule has 0 amide bonds. The smallest absolute Gasteiger partial charge is 0.206 e. The van der Waals surface area contributed by atoms with Gasteiger partial charge in [-0.15, -0.1) is 6.58 Å². The van der Waals surface area contributed by atoms with E-state index >= 15 is 0 Å². The van der Waals surface area contributed by atoms with Crippen LogP contribution in [0.2, 0.25) is 0 Å². The Bertz CT molecular complexity index is 239. The number of nitro groups is 1. The molecule has 2 saturated carbocycles. The van der Waals surface area contributed by atoms with Gasteiger partial charge in [0, 0.05) is 10.8 Å². The maximum absolute atomic E-state index is 10.3. The Morgan fingerprint density at radius 2 is 2.23 bits per heavy atom. The lowest BCUT2D eigenvalue weighted by molar-refractivity contribution is -0.494. The minimum absolute atomic E-state index is 0.165. The molecular weight excluding hydrogens is 166 g/mol. The predicted molar refractivity (Wildman–Crippen MR) is 49.9 cm³/mol. The van der Waals surface area contributed by atoms with Crippen LogP contribution in [-0.4, -0.2) is 11.5 Å². The molecule has 0 aromatic heterocycles. The number of allylic oxidation sites excluding steroid dienone is 1. The van der Waals surface area contributed by atoms with Crippen molar-refractivity contribution in [3.63, 3.8) is 0 Å². The van der Waals surface area contributed by atoms with Crippen molar-refractivity contribution in [3.8, 4) is 0 Å². The number of hydrogen-bond donors (Lipinski definition) is 0. The molecule has 0 radical (unpaired) electrons. The van der Waals surface area contributed by atoms with Crippen LogP contribution < -0.4 is 0 Å². The second kappa shape index (κ2) is 3.13. The quantitative estimate of drug-likeness (QED) is 0.380. The highest BCUT2D eigenvalue weighted by atomic mass is 16.6. The van der Waals surface area contributed by atoms with E-state index in [-0.39, 0.29) is 11.5 Å². The first-order chi connectivity index (χ1) is 6.20. The summed E-state index contributed by atoms with van der Waals surface area (Å²) in [5, 5.41) is 10.3. The van der Waals surface area contributed by atoms with Gasteiger partial charge in [0.25, 0.3) is 0 Å². The van der Waals surface area contributed by atoms with E-state index in [2.05, 4.69) is 6.58 Å². The van der Waals surface area contributed by atoms with E-state index in [1.807, 2.05) is 6.08 Å². The zero-order valence-electron chi connectivity index (χ0n) is 7.69. The Balaban J connectivity index is 1.88. The fourth-order valence-corrected chi connectivity index (χ4v) is 3.01. The Labute approximate surface area is 78.0 Å². The van der Waals surface area contributed by atoms with Crippen LogP contribution >= 0.6 is 0 Å². The molecule has 0 spiro atoms.